The molecule has 0 fully saturated rings. The molecule has 0 bridgehead atoms. The van der Waals surface area contributed by atoms with Crippen LogP contribution in [0.5, 0.6) is 0 Å². The summed E-state index contributed by atoms with van der Waals surface area (Å²) in [5, 5.41) is 0. The third kappa shape index (κ3) is 7.26. The maximum Gasteiger partial charge on any atom is 0.129 e. The average molecular weight is 707 g/mol. The second-order valence-electron chi connectivity index (χ2n) is 14.7. The van der Waals surface area contributed by atoms with Crippen LogP contribution in [0.25, 0.3) is 77.9 Å². The van der Waals surface area contributed by atoms with Crippen LogP contribution in [0.2, 0.25) is 19.6 Å². The van der Waals surface area contributed by atoms with E-state index in [2.05, 4.69) is 231 Å². The zero-order valence-electron chi connectivity index (χ0n) is 31.1. The Balaban J connectivity index is 1.48. The molecule has 8 rings (SSSR count). The number of hydrogen-bond donors (Lipinski definition) is 0. The van der Waals surface area contributed by atoms with Crippen molar-refractivity contribution >= 4 is 8.07 Å². The normalized spacial score (nSPS) is 11.1. The fraction of sp³-hybridized carbons (Fsp3) is 0.0566. The lowest BCUT2D eigenvalue weighted by molar-refractivity contribution is 1.51. The largest absolute Gasteiger partial charge is 0.129 e. The second-order valence-corrected chi connectivity index (χ2v) is 19.5. The summed E-state index contributed by atoms with van der Waals surface area (Å²) in [6.45, 7) is 6.84. The number of rotatable bonds is 7. The molecular weight excluding hydrogens is 665 g/mol. The minimum Gasteiger partial charge on any atom is -0.127 e. The summed E-state index contributed by atoms with van der Waals surface area (Å²) >= 11 is 0. The average Bonchev–Trinajstić information content (AvgIpc) is 3.23. The van der Waals surface area contributed by atoms with E-state index in [4.69, 9.17) is 0 Å². The first kappa shape index (κ1) is 34.6. The van der Waals surface area contributed by atoms with E-state index in [9.17, 15) is 0 Å². The molecule has 0 N–H and O–H groups in total. The highest BCUT2D eigenvalue weighted by Gasteiger charge is 2.28. The summed E-state index contributed by atoms with van der Waals surface area (Å²) in [6.07, 6.45) is 0. The smallest absolute Gasteiger partial charge is 0.127 e. The fourth-order valence-corrected chi connectivity index (χ4v) is 7.86. The highest BCUT2D eigenvalue weighted by molar-refractivity contribution is 6.83. The Labute approximate surface area is 321 Å². The Morgan fingerprint density at radius 3 is 0.741 bits per heavy atom. The van der Waals surface area contributed by atoms with Gasteiger partial charge in [-0.2, -0.15) is 0 Å². The lowest BCUT2D eigenvalue weighted by Gasteiger charge is -2.28. The van der Waals surface area contributed by atoms with Crippen LogP contribution in [0.3, 0.4) is 0 Å². The third-order valence-corrected chi connectivity index (χ3v) is 10.7. The Bertz CT molecular complexity index is 2450. The van der Waals surface area contributed by atoms with Crippen molar-refractivity contribution in [3.05, 3.63) is 206 Å². The lowest BCUT2D eigenvalue weighted by atomic mass is 9.74. The van der Waals surface area contributed by atoms with Crippen molar-refractivity contribution in [2.24, 2.45) is 0 Å². The van der Waals surface area contributed by atoms with Crippen molar-refractivity contribution in [1.82, 2.24) is 0 Å². The summed E-state index contributed by atoms with van der Waals surface area (Å²) in [5.74, 6) is 3.40. The predicted octanol–water partition coefficient (Wildman–Crippen LogP) is 14.6. The Morgan fingerprint density at radius 2 is 0.481 bits per heavy atom. The first-order chi connectivity index (χ1) is 26.4. The molecule has 0 amide bonds. The topological polar surface area (TPSA) is 0 Å². The molecule has 0 spiro atoms. The van der Waals surface area contributed by atoms with Gasteiger partial charge in [-0.05, 0) is 90.0 Å². The van der Waals surface area contributed by atoms with Crippen LogP contribution in [-0.2, 0) is 0 Å². The molecule has 0 saturated carbocycles. The van der Waals surface area contributed by atoms with Crippen LogP contribution in [0.4, 0.5) is 0 Å². The molecular formula is C53H42Si. The summed E-state index contributed by atoms with van der Waals surface area (Å²) in [5.41, 5.74) is 21.3. The van der Waals surface area contributed by atoms with E-state index in [1.54, 1.807) is 0 Å². The summed E-state index contributed by atoms with van der Waals surface area (Å²) < 4.78 is 0. The summed E-state index contributed by atoms with van der Waals surface area (Å²) in [4.78, 5) is 0. The van der Waals surface area contributed by atoms with E-state index in [0.717, 1.165) is 5.56 Å². The SMILES string of the molecule is C[Si](C)(C)C#Cc1ccc(-c2ccc(-c3c(-c4ccccc4)c(-c4ccccc4)c(-c4ccccc4)c(-c4ccccc4)c3-c3ccccc3)cc2)cc1. The van der Waals surface area contributed by atoms with Gasteiger partial charge in [0.1, 0.15) is 8.07 Å². The van der Waals surface area contributed by atoms with E-state index in [0.29, 0.717) is 0 Å². The zero-order valence-corrected chi connectivity index (χ0v) is 32.1. The second kappa shape index (κ2) is 15.3. The quantitative estimate of drug-likeness (QED) is 0.114. The van der Waals surface area contributed by atoms with Gasteiger partial charge in [-0.25, -0.2) is 0 Å². The van der Waals surface area contributed by atoms with E-state index >= 15 is 0 Å². The van der Waals surface area contributed by atoms with E-state index in [-0.39, 0.29) is 0 Å². The van der Waals surface area contributed by atoms with Gasteiger partial charge in [-0.1, -0.05) is 214 Å². The zero-order chi connectivity index (χ0) is 36.9. The summed E-state index contributed by atoms with van der Waals surface area (Å²) in [6, 6.07) is 72.6. The Kier molecular flexibility index (Phi) is 9.78. The highest BCUT2D eigenvalue weighted by Crippen LogP contribution is 2.55. The molecule has 54 heavy (non-hydrogen) atoms. The first-order valence-corrected chi connectivity index (χ1v) is 22.2. The van der Waals surface area contributed by atoms with Crippen LogP contribution in [0.1, 0.15) is 5.56 Å². The van der Waals surface area contributed by atoms with Crippen LogP contribution in [-0.4, -0.2) is 8.07 Å². The molecule has 0 aliphatic rings. The van der Waals surface area contributed by atoms with E-state index in [1.807, 2.05) is 0 Å². The van der Waals surface area contributed by atoms with Crippen molar-refractivity contribution < 1.29 is 0 Å². The van der Waals surface area contributed by atoms with Crippen molar-refractivity contribution in [3.63, 3.8) is 0 Å². The fourth-order valence-electron chi connectivity index (χ4n) is 7.34. The van der Waals surface area contributed by atoms with E-state index < -0.39 is 8.07 Å². The third-order valence-electron chi connectivity index (χ3n) is 9.79. The van der Waals surface area contributed by atoms with Crippen LogP contribution < -0.4 is 0 Å². The molecule has 0 aromatic heterocycles. The molecule has 0 nitrogen and oxygen atoms in total. The van der Waals surface area contributed by atoms with Gasteiger partial charge in [-0.3, -0.25) is 0 Å². The lowest BCUT2D eigenvalue weighted by Crippen LogP contribution is -2.16. The molecule has 0 aliphatic heterocycles. The molecule has 0 heterocycles. The first-order valence-electron chi connectivity index (χ1n) is 18.7. The van der Waals surface area contributed by atoms with Crippen molar-refractivity contribution in [2.45, 2.75) is 19.6 Å². The van der Waals surface area contributed by atoms with Crippen LogP contribution in [0.15, 0.2) is 200 Å². The van der Waals surface area contributed by atoms with Crippen molar-refractivity contribution in [3.8, 4) is 89.4 Å². The minimum atomic E-state index is -1.45. The van der Waals surface area contributed by atoms with Gasteiger partial charge in [0, 0.05) is 5.56 Å². The van der Waals surface area contributed by atoms with Gasteiger partial charge in [-0.15, -0.1) is 5.54 Å². The van der Waals surface area contributed by atoms with Gasteiger partial charge < -0.3 is 0 Å². The molecule has 258 valence electrons. The Morgan fingerprint density at radius 1 is 0.259 bits per heavy atom. The predicted molar refractivity (Wildman–Crippen MR) is 235 cm³/mol. The van der Waals surface area contributed by atoms with Gasteiger partial charge in [0.15, 0.2) is 0 Å². The maximum atomic E-state index is 3.50. The molecule has 0 radical (unpaired) electrons. The number of hydrogen-bond acceptors (Lipinski definition) is 0. The van der Waals surface area contributed by atoms with Crippen molar-refractivity contribution in [1.29, 1.82) is 0 Å². The molecule has 1 heteroatoms. The standard InChI is InChI=1S/C53H42Si/c1-54(2,3)38-37-39-29-31-40(32-30-39)41-33-35-47(36-34-41)53-51(45-25-15-7-16-26-45)49(43-21-11-5-12-22-43)48(42-19-9-4-10-20-42)50(44-23-13-6-14-24-44)52(53)46-27-17-8-18-28-46/h4-36H,1-3H3. The summed E-state index contributed by atoms with van der Waals surface area (Å²) in [7, 11) is -1.45. The molecule has 8 aromatic rings. The monoisotopic (exact) mass is 706 g/mol. The molecule has 0 unspecified atom stereocenters. The molecule has 0 aliphatic carbocycles. The van der Waals surface area contributed by atoms with Gasteiger partial charge in [0.2, 0.25) is 0 Å². The van der Waals surface area contributed by atoms with Gasteiger partial charge >= 0.3 is 0 Å². The molecule has 8 aromatic carbocycles. The van der Waals surface area contributed by atoms with Crippen LogP contribution >= 0.6 is 0 Å². The highest BCUT2D eigenvalue weighted by atomic mass is 28.3. The van der Waals surface area contributed by atoms with Crippen molar-refractivity contribution in [2.75, 3.05) is 0 Å². The maximum absolute atomic E-state index is 3.50. The van der Waals surface area contributed by atoms with E-state index in [1.165, 1.54) is 77.9 Å². The van der Waals surface area contributed by atoms with Gasteiger partial charge in [0.05, 0.1) is 0 Å². The number of benzene rings is 8. The Hall–Kier alpha value is -6.46. The minimum absolute atomic E-state index is 1.07. The molecule has 0 saturated heterocycles. The molecule has 0 atom stereocenters. The van der Waals surface area contributed by atoms with Gasteiger partial charge in [0.25, 0.3) is 0 Å². The van der Waals surface area contributed by atoms with Crippen LogP contribution in [0, 0.1) is 11.5 Å².